The third-order valence-corrected chi connectivity index (χ3v) is 4.76. The van der Waals surface area contributed by atoms with Crippen LogP contribution in [0, 0.1) is 18.6 Å². The predicted octanol–water partition coefficient (Wildman–Crippen LogP) is 5.42. The molecule has 2 aromatic rings. The molecule has 30 heavy (non-hydrogen) atoms. The van der Waals surface area contributed by atoms with Crippen molar-refractivity contribution in [3.63, 3.8) is 0 Å². The van der Waals surface area contributed by atoms with Gasteiger partial charge in [-0.05, 0) is 70.0 Å². The summed E-state index contributed by atoms with van der Waals surface area (Å²) in [5, 5.41) is 2.76. The van der Waals surface area contributed by atoms with Gasteiger partial charge in [-0.3, -0.25) is 9.69 Å². The molecule has 0 radical (unpaired) electrons. The zero-order valence-electron chi connectivity index (χ0n) is 18.2. The Morgan fingerprint density at radius 2 is 1.77 bits per heavy atom. The van der Waals surface area contributed by atoms with Gasteiger partial charge in [0.05, 0.1) is 0 Å². The van der Waals surface area contributed by atoms with Gasteiger partial charge in [-0.15, -0.1) is 0 Å². The quantitative estimate of drug-likeness (QED) is 0.555. The van der Waals surface area contributed by atoms with Gasteiger partial charge in [0, 0.05) is 36.5 Å². The summed E-state index contributed by atoms with van der Waals surface area (Å²) in [7, 11) is 0. The fourth-order valence-corrected chi connectivity index (χ4v) is 3.18. The van der Waals surface area contributed by atoms with Gasteiger partial charge in [0.15, 0.2) is 11.6 Å². The highest BCUT2D eigenvalue weighted by molar-refractivity contribution is 6.02. The van der Waals surface area contributed by atoms with Gasteiger partial charge in [-0.2, -0.15) is 0 Å². The third-order valence-electron chi connectivity index (χ3n) is 4.76. The maximum absolute atomic E-state index is 13.2. The lowest BCUT2D eigenvalue weighted by atomic mass is 10.2. The van der Waals surface area contributed by atoms with E-state index in [1.807, 2.05) is 13.0 Å². The van der Waals surface area contributed by atoms with Crippen LogP contribution < -0.4 is 10.1 Å². The maximum atomic E-state index is 13.2. The van der Waals surface area contributed by atoms with Crippen LogP contribution >= 0.6 is 0 Å². The van der Waals surface area contributed by atoms with E-state index >= 15 is 0 Å². The summed E-state index contributed by atoms with van der Waals surface area (Å²) >= 11 is 0. The number of carbonyl (C=O) groups excluding carboxylic acids is 1. The van der Waals surface area contributed by atoms with E-state index in [9.17, 15) is 13.6 Å². The van der Waals surface area contributed by atoms with E-state index in [1.165, 1.54) is 18.2 Å². The Morgan fingerprint density at radius 3 is 2.40 bits per heavy atom. The highest BCUT2D eigenvalue weighted by Crippen LogP contribution is 2.23. The molecule has 6 heteroatoms. The molecule has 4 nitrogen and oxygen atoms in total. The molecule has 0 saturated heterocycles. The van der Waals surface area contributed by atoms with Crippen LogP contribution in [0.4, 0.5) is 14.5 Å². The van der Waals surface area contributed by atoms with Crippen molar-refractivity contribution < 1.29 is 18.3 Å². The maximum Gasteiger partial charge on any atom is 0.248 e. The number of nitrogens with zero attached hydrogens (tertiary/aromatic N) is 1. The Balaban J connectivity index is 1.97. The second-order valence-electron chi connectivity index (χ2n) is 7.75. The number of hydrogen-bond acceptors (Lipinski definition) is 3. The number of aryl methyl sites for hydroxylation is 1. The lowest BCUT2D eigenvalue weighted by Gasteiger charge is -2.30. The average molecular weight is 417 g/mol. The summed E-state index contributed by atoms with van der Waals surface area (Å²) in [5.74, 6) is -1.54. The highest BCUT2D eigenvalue weighted by atomic mass is 19.2. The molecule has 0 saturated carbocycles. The zero-order valence-corrected chi connectivity index (χ0v) is 18.2. The van der Waals surface area contributed by atoms with E-state index in [0.29, 0.717) is 35.7 Å². The molecular weight excluding hydrogens is 386 g/mol. The van der Waals surface area contributed by atoms with Crippen molar-refractivity contribution in [3.8, 4) is 5.75 Å². The van der Waals surface area contributed by atoms with Gasteiger partial charge in [0.25, 0.3) is 0 Å². The number of amides is 1. The molecule has 0 aliphatic heterocycles. The number of ether oxygens (including phenoxy) is 1. The van der Waals surface area contributed by atoms with Crippen molar-refractivity contribution in [2.45, 2.75) is 46.7 Å². The summed E-state index contributed by atoms with van der Waals surface area (Å²) in [6, 6.07) is 9.78. The SMILES string of the molecule is Cc1ccc(NC(=O)/C=C/c2ccc(F)c(F)c2)cc1OCCN(C(C)C)C(C)C. The first-order valence-electron chi connectivity index (χ1n) is 10.1. The van der Waals surface area contributed by atoms with Crippen LogP contribution in [0.5, 0.6) is 5.75 Å². The molecule has 162 valence electrons. The lowest BCUT2D eigenvalue weighted by molar-refractivity contribution is -0.111. The molecule has 1 N–H and O–H groups in total. The minimum atomic E-state index is -0.952. The van der Waals surface area contributed by atoms with Crippen LogP contribution in [0.3, 0.4) is 0 Å². The van der Waals surface area contributed by atoms with Gasteiger partial charge < -0.3 is 10.1 Å². The minimum absolute atomic E-state index is 0.375. The molecule has 0 unspecified atom stereocenters. The standard InChI is InChI=1S/C24H30F2N2O2/c1-16(2)28(17(3)4)12-13-30-23-15-20(9-6-18(23)5)27-24(29)11-8-19-7-10-21(25)22(26)14-19/h6-11,14-17H,12-13H2,1-5H3,(H,27,29)/b11-8+. The molecule has 0 aliphatic carbocycles. The summed E-state index contributed by atoms with van der Waals surface area (Å²) < 4.78 is 32.2. The minimum Gasteiger partial charge on any atom is -0.492 e. The van der Waals surface area contributed by atoms with Crippen molar-refractivity contribution in [1.29, 1.82) is 0 Å². The second-order valence-corrected chi connectivity index (χ2v) is 7.75. The van der Waals surface area contributed by atoms with Crippen molar-refractivity contribution >= 4 is 17.7 Å². The van der Waals surface area contributed by atoms with Crippen LogP contribution in [-0.2, 0) is 4.79 Å². The number of hydrogen-bond donors (Lipinski definition) is 1. The van der Waals surface area contributed by atoms with Gasteiger partial charge in [-0.1, -0.05) is 12.1 Å². The van der Waals surface area contributed by atoms with Crippen LogP contribution in [0.25, 0.3) is 6.08 Å². The van der Waals surface area contributed by atoms with E-state index in [1.54, 1.807) is 12.1 Å². The van der Waals surface area contributed by atoms with E-state index in [4.69, 9.17) is 4.74 Å². The van der Waals surface area contributed by atoms with Gasteiger partial charge in [0.1, 0.15) is 12.4 Å². The smallest absolute Gasteiger partial charge is 0.248 e. The molecule has 1 amide bonds. The van der Waals surface area contributed by atoms with Crippen LogP contribution in [0.2, 0.25) is 0 Å². The molecule has 0 heterocycles. The fourth-order valence-electron chi connectivity index (χ4n) is 3.18. The van der Waals surface area contributed by atoms with Crippen molar-refractivity contribution in [1.82, 2.24) is 4.90 Å². The Bertz CT molecular complexity index is 887. The number of halogens is 2. The monoisotopic (exact) mass is 416 g/mol. The number of benzene rings is 2. The van der Waals surface area contributed by atoms with E-state index in [-0.39, 0.29) is 5.91 Å². The van der Waals surface area contributed by atoms with Gasteiger partial charge in [0.2, 0.25) is 5.91 Å². The first-order chi connectivity index (χ1) is 14.2. The topological polar surface area (TPSA) is 41.6 Å². The number of carbonyl (C=O) groups is 1. The molecule has 2 aromatic carbocycles. The summed E-state index contributed by atoms with van der Waals surface area (Å²) in [6.45, 7) is 12.0. The van der Waals surface area contributed by atoms with Crippen LogP contribution in [0.1, 0.15) is 38.8 Å². The predicted molar refractivity (Wildman–Crippen MR) is 118 cm³/mol. The van der Waals surface area contributed by atoms with Crippen molar-refractivity contribution in [2.75, 3.05) is 18.5 Å². The van der Waals surface area contributed by atoms with E-state index < -0.39 is 11.6 Å². The Hall–Kier alpha value is -2.73. The normalized spacial score (nSPS) is 11.7. The Kier molecular flexibility index (Phi) is 8.54. The molecular formula is C24H30F2N2O2. The molecule has 0 fully saturated rings. The molecule has 0 aromatic heterocycles. The number of nitrogens with one attached hydrogen (secondary N) is 1. The molecule has 0 bridgehead atoms. The molecule has 0 atom stereocenters. The number of anilines is 1. The Morgan fingerprint density at radius 1 is 1.07 bits per heavy atom. The lowest BCUT2D eigenvalue weighted by Crippen LogP contribution is -2.39. The highest BCUT2D eigenvalue weighted by Gasteiger charge is 2.13. The summed E-state index contributed by atoms with van der Waals surface area (Å²) in [5.41, 5.74) is 1.97. The molecule has 0 spiro atoms. The zero-order chi connectivity index (χ0) is 22.3. The second kappa shape index (κ2) is 10.9. The Labute approximate surface area is 177 Å². The molecule has 2 rings (SSSR count). The largest absolute Gasteiger partial charge is 0.492 e. The summed E-state index contributed by atoms with van der Waals surface area (Å²) in [6.07, 6.45) is 2.70. The number of rotatable bonds is 9. The van der Waals surface area contributed by atoms with Crippen molar-refractivity contribution in [3.05, 3.63) is 65.2 Å². The van der Waals surface area contributed by atoms with Crippen LogP contribution in [0.15, 0.2) is 42.5 Å². The average Bonchev–Trinajstić information content (AvgIpc) is 2.67. The first kappa shape index (κ1) is 23.5. The third kappa shape index (κ3) is 6.95. The van der Waals surface area contributed by atoms with Gasteiger partial charge >= 0.3 is 0 Å². The van der Waals surface area contributed by atoms with Gasteiger partial charge in [-0.25, -0.2) is 8.78 Å². The van der Waals surface area contributed by atoms with Crippen LogP contribution in [-0.4, -0.2) is 36.0 Å². The van der Waals surface area contributed by atoms with E-state index in [2.05, 4.69) is 37.9 Å². The van der Waals surface area contributed by atoms with E-state index in [0.717, 1.165) is 24.2 Å². The fraction of sp³-hybridized carbons (Fsp3) is 0.375. The van der Waals surface area contributed by atoms with Crippen molar-refractivity contribution in [2.24, 2.45) is 0 Å². The summed E-state index contributed by atoms with van der Waals surface area (Å²) in [4.78, 5) is 14.5. The molecule has 0 aliphatic rings. The first-order valence-corrected chi connectivity index (χ1v) is 10.1.